The summed E-state index contributed by atoms with van der Waals surface area (Å²) in [4.78, 5) is 17.0. The highest BCUT2D eigenvalue weighted by atomic mass is 32.1. The van der Waals surface area contributed by atoms with Crippen molar-refractivity contribution < 1.29 is 13.9 Å². The predicted octanol–water partition coefficient (Wildman–Crippen LogP) is 4.02. The smallest absolute Gasteiger partial charge is 0.272 e. The van der Waals surface area contributed by atoms with Crippen molar-refractivity contribution in [2.45, 2.75) is 13.5 Å². The van der Waals surface area contributed by atoms with Gasteiger partial charge in [-0.2, -0.15) is 4.99 Å². The van der Waals surface area contributed by atoms with Crippen LogP contribution in [0, 0.1) is 5.82 Å². The van der Waals surface area contributed by atoms with E-state index in [1.165, 1.54) is 29.5 Å². The fourth-order valence-electron chi connectivity index (χ4n) is 2.51. The molecule has 1 amide bonds. The van der Waals surface area contributed by atoms with Gasteiger partial charge in [-0.3, -0.25) is 4.79 Å². The molecule has 0 fully saturated rings. The summed E-state index contributed by atoms with van der Waals surface area (Å²) in [6.07, 6.45) is 3.16. The largest absolute Gasteiger partial charge is 0.380 e. The van der Waals surface area contributed by atoms with E-state index >= 15 is 0 Å². The van der Waals surface area contributed by atoms with Crippen molar-refractivity contribution >= 4 is 33.5 Å². The average Bonchev–Trinajstić information content (AvgIpc) is 2.97. The first kappa shape index (κ1) is 18.2. The second-order valence-electron chi connectivity index (χ2n) is 5.54. The summed E-state index contributed by atoms with van der Waals surface area (Å²) in [6, 6.07) is 14.1. The topological polar surface area (TPSA) is 43.6 Å². The van der Waals surface area contributed by atoms with Crippen molar-refractivity contribution in [2.75, 3.05) is 13.2 Å². The molecule has 1 aromatic heterocycles. The standard InChI is InChI=1S/C20H19FN2O2S/c1-2-25-13-12-23-17-10-9-16(21)14-18(17)26-20(23)22-19(24)11-8-15-6-4-3-5-7-15/h3-11,14H,2,12-13H2,1H3. The highest BCUT2D eigenvalue weighted by Gasteiger charge is 2.08. The monoisotopic (exact) mass is 370 g/mol. The maximum Gasteiger partial charge on any atom is 0.272 e. The molecule has 0 aliphatic rings. The van der Waals surface area contributed by atoms with Crippen molar-refractivity contribution in [1.82, 2.24) is 4.57 Å². The normalized spacial score (nSPS) is 12.3. The summed E-state index contributed by atoms with van der Waals surface area (Å²) in [5.41, 5.74) is 1.77. The molecule has 0 radical (unpaired) electrons. The van der Waals surface area contributed by atoms with E-state index in [2.05, 4.69) is 4.99 Å². The molecule has 0 bridgehead atoms. The van der Waals surface area contributed by atoms with Crippen LogP contribution in [0.25, 0.3) is 16.3 Å². The summed E-state index contributed by atoms with van der Waals surface area (Å²) < 4.78 is 21.6. The molecule has 0 saturated heterocycles. The molecule has 0 aliphatic carbocycles. The number of hydrogen-bond acceptors (Lipinski definition) is 3. The molecule has 0 saturated carbocycles. The number of hydrogen-bond donors (Lipinski definition) is 0. The molecular weight excluding hydrogens is 351 g/mol. The van der Waals surface area contributed by atoms with Gasteiger partial charge < -0.3 is 9.30 Å². The Morgan fingerprint density at radius 2 is 2.08 bits per heavy atom. The maximum atomic E-state index is 13.5. The quantitative estimate of drug-likeness (QED) is 0.486. The van der Waals surface area contributed by atoms with Gasteiger partial charge >= 0.3 is 0 Å². The first-order valence-corrected chi connectivity index (χ1v) is 9.17. The Morgan fingerprint density at radius 3 is 2.85 bits per heavy atom. The van der Waals surface area contributed by atoms with Gasteiger partial charge in [0, 0.05) is 19.2 Å². The van der Waals surface area contributed by atoms with E-state index in [4.69, 9.17) is 4.74 Å². The highest BCUT2D eigenvalue weighted by Crippen LogP contribution is 2.18. The maximum absolute atomic E-state index is 13.5. The number of amides is 1. The molecule has 26 heavy (non-hydrogen) atoms. The van der Waals surface area contributed by atoms with Crippen molar-refractivity contribution in [3.63, 3.8) is 0 Å². The van der Waals surface area contributed by atoms with E-state index in [1.807, 2.05) is 41.8 Å². The number of fused-ring (bicyclic) bond motifs is 1. The van der Waals surface area contributed by atoms with Gasteiger partial charge in [0.2, 0.25) is 0 Å². The van der Waals surface area contributed by atoms with Crippen LogP contribution in [0.1, 0.15) is 12.5 Å². The number of rotatable bonds is 6. The molecule has 3 rings (SSSR count). The molecule has 0 unspecified atom stereocenters. The lowest BCUT2D eigenvalue weighted by Gasteiger charge is -2.05. The van der Waals surface area contributed by atoms with Crippen LogP contribution in [0.15, 0.2) is 59.6 Å². The Labute approximate surface area is 154 Å². The first-order valence-electron chi connectivity index (χ1n) is 8.36. The number of halogens is 1. The van der Waals surface area contributed by atoms with E-state index in [0.717, 1.165) is 15.8 Å². The summed E-state index contributed by atoms with van der Waals surface area (Å²) in [5.74, 6) is -0.663. The number of aromatic nitrogens is 1. The molecule has 6 heteroatoms. The zero-order valence-corrected chi connectivity index (χ0v) is 15.2. The number of nitrogens with zero attached hydrogens (tertiary/aromatic N) is 2. The summed E-state index contributed by atoms with van der Waals surface area (Å²) >= 11 is 1.29. The summed E-state index contributed by atoms with van der Waals surface area (Å²) in [6.45, 7) is 3.59. The van der Waals surface area contributed by atoms with Gasteiger partial charge in [-0.25, -0.2) is 4.39 Å². The van der Waals surface area contributed by atoms with Crippen molar-refractivity contribution in [2.24, 2.45) is 4.99 Å². The van der Waals surface area contributed by atoms with Gasteiger partial charge in [0.25, 0.3) is 5.91 Å². The fourth-order valence-corrected chi connectivity index (χ4v) is 3.60. The van der Waals surface area contributed by atoms with Crippen LogP contribution in [0.3, 0.4) is 0 Å². The van der Waals surface area contributed by atoms with Gasteiger partial charge in [0.15, 0.2) is 4.80 Å². The molecule has 0 atom stereocenters. The molecule has 1 heterocycles. The van der Waals surface area contributed by atoms with Gasteiger partial charge in [0.05, 0.1) is 16.8 Å². The minimum Gasteiger partial charge on any atom is -0.380 e. The fraction of sp³-hybridized carbons (Fsp3) is 0.200. The van der Waals surface area contributed by atoms with Gasteiger partial charge in [0.1, 0.15) is 5.82 Å². The Hall–Kier alpha value is -2.57. The lowest BCUT2D eigenvalue weighted by molar-refractivity contribution is -0.113. The predicted molar refractivity (Wildman–Crippen MR) is 102 cm³/mol. The molecule has 4 nitrogen and oxygen atoms in total. The van der Waals surface area contributed by atoms with Crippen LogP contribution in [-0.4, -0.2) is 23.7 Å². The van der Waals surface area contributed by atoms with Crippen molar-refractivity contribution in [1.29, 1.82) is 0 Å². The lowest BCUT2D eigenvalue weighted by Crippen LogP contribution is -2.19. The molecule has 0 N–H and O–H groups in total. The first-order chi connectivity index (χ1) is 12.7. The van der Waals surface area contributed by atoms with Crippen LogP contribution in [0.5, 0.6) is 0 Å². The van der Waals surface area contributed by atoms with E-state index in [9.17, 15) is 9.18 Å². The molecular formula is C20H19FN2O2S. The minimum absolute atomic E-state index is 0.308. The van der Waals surface area contributed by atoms with E-state index in [-0.39, 0.29) is 11.7 Å². The third-order valence-corrected chi connectivity index (χ3v) is 4.77. The Morgan fingerprint density at radius 1 is 1.27 bits per heavy atom. The molecule has 0 aliphatic heterocycles. The zero-order chi connectivity index (χ0) is 18.4. The number of carbonyl (C=O) groups excluding carboxylic acids is 1. The van der Waals surface area contributed by atoms with E-state index in [0.29, 0.717) is 24.6 Å². The average molecular weight is 370 g/mol. The molecule has 134 valence electrons. The Balaban J connectivity index is 1.93. The lowest BCUT2D eigenvalue weighted by atomic mass is 10.2. The van der Waals surface area contributed by atoms with Crippen molar-refractivity contribution in [3.8, 4) is 0 Å². The zero-order valence-electron chi connectivity index (χ0n) is 14.4. The molecule has 0 spiro atoms. The van der Waals surface area contributed by atoms with E-state index < -0.39 is 0 Å². The molecule has 2 aromatic carbocycles. The second-order valence-corrected chi connectivity index (χ2v) is 6.55. The van der Waals surface area contributed by atoms with Crippen LogP contribution < -0.4 is 4.80 Å². The van der Waals surface area contributed by atoms with Crippen LogP contribution in [0.2, 0.25) is 0 Å². The summed E-state index contributed by atoms with van der Waals surface area (Å²) in [5, 5.41) is 0. The Kier molecular flexibility index (Phi) is 6.09. The number of carbonyl (C=O) groups is 1. The van der Waals surface area contributed by atoms with Crippen LogP contribution in [-0.2, 0) is 16.1 Å². The minimum atomic E-state index is -0.356. The number of benzene rings is 2. The third kappa shape index (κ3) is 4.53. The Bertz CT molecular complexity index is 990. The van der Waals surface area contributed by atoms with Crippen molar-refractivity contribution in [3.05, 3.63) is 70.8 Å². The van der Waals surface area contributed by atoms with Gasteiger partial charge in [-0.05, 0) is 36.8 Å². The number of ether oxygens (including phenoxy) is 1. The van der Waals surface area contributed by atoms with Gasteiger partial charge in [-0.15, -0.1) is 0 Å². The molecule has 3 aromatic rings. The SMILES string of the molecule is CCOCCn1c(=NC(=O)C=Cc2ccccc2)sc2cc(F)ccc21. The second kappa shape index (κ2) is 8.69. The van der Waals surface area contributed by atoms with Crippen LogP contribution in [0.4, 0.5) is 4.39 Å². The van der Waals surface area contributed by atoms with Crippen LogP contribution >= 0.6 is 11.3 Å². The third-order valence-electron chi connectivity index (χ3n) is 3.73. The number of thiazole rings is 1. The van der Waals surface area contributed by atoms with E-state index in [1.54, 1.807) is 12.1 Å². The van der Waals surface area contributed by atoms with Gasteiger partial charge in [-0.1, -0.05) is 41.7 Å². The highest BCUT2D eigenvalue weighted by molar-refractivity contribution is 7.16. The summed E-state index contributed by atoms with van der Waals surface area (Å²) in [7, 11) is 0.